The number of nitrogens with two attached hydrogens (primary N) is 1. The minimum atomic E-state index is 0.355. The third-order valence-electron chi connectivity index (χ3n) is 4.36. The first-order valence-electron chi connectivity index (χ1n) is 6.94. The van der Waals surface area contributed by atoms with Gasteiger partial charge in [0.1, 0.15) is 0 Å². The molecule has 0 atom stereocenters. The predicted octanol–water partition coefficient (Wildman–Crippen LogP) is 3.16. The SMILES string of the molecule is CCC1(Cn2nnnc2-c2cc(N)cc(Cl)c2)CCC1. The summed E-state index contributed by atoms with van der Waals surface area (Å²) in [5.41, 5.74) is 7.69. The van der Waals surface area contributed by atoms with Crippen LogP contribution in [-0.4, -0.2) is 20.2 Å². The van der Waals surface area contributed by atoms with Crippen LogP contribution in [0, 0.1) is 5.41 Å². The van der Waals surface area contributed by atoms with E-state index >= 15 is 0 Å². The summed E-state index contributed by atoms with van der Waals surface area (Å²) in [6, 6.07) is 5.42. The van der Waals surface area contributed by atoms with E-state index in [1.54, 1.807) is 6.07 Å². The molecule has 1 aromatic heterocycles. The number of tetrazole rings is 1. The highest BCUT2D eigenvalue weighted by Crippen LogP contribution is 2.45. The molecule has 0 saturated heterocycles. The molecule has 5 nitrogen and oxygen atoms in total. The van der Waals surface area contributed by atoms with Crippen molar-refractivity contribution in [1.82, 2.24) is 20.2 Å². The number of nitrogen functional groups attached to an aromatic ring is 1. The highest BCUT2D eigenvalue weighted by atomic mass is 35.5. The molecule has 6 heteroatoms. The zero-order valence-corrected chi connectivity index (χ0v) is 12.3. The van der Waals surface area contributed by atoms with Crippen LogP contribution in [0.4, 0.5) is 5.69 Å². The van der Waals surface area contributed by atoms with E-state index in [1.807, 2.05) is 16.8 Å². The van der Waals surface area contributed by atoms with Gasteiger partial charge in [-0.05, 0) is 53.3 Å². The summed E-state index contributed by atoms with van der Waals surface area (Å²) in [4.78, 5) is 0. The van der Waals surface area contributed by atoms with Crippen molar-refractivity contribution in [3.63, 3.8) is 0 Å². The summed E-state index contributed by atoms with van der Waals surface area (Å²) in [7, 11) is 0. The van der Waals surface area contributed by atoms with Crippen molar-refractivity contribution in [2.45, 2.75) is 39.2 Å². The lowest BCUT2D eigenvalue weighted by atomic mass is 9.67. The van der Waals surface area contributed by atoms with Gasteiger partial charge in [0.15, 0.2) is 5.82 Å². The van der Waals surface area contributed by atoms with Crippen LogP contribution in [0.15, 0.2) is 18.2 Å². The van der Waals surface area contributed by atoms with Gasteiger partial charge >= 0.3 is 0 Å². The van der Waals surface area contributed by atoms with E-state index in [1.165, 1.54) is 19.3 Å². The van der Waals surface area contributed by atoms with Crippen LogP contribution in [0.1, 0.15) is 32.6 Å². The minimum Gasteiger partial charge on any atom is -0.399 e. The first-order chi connectivity index (χ1) is 9.62. The number of hydrogen-bond donors (Lipinski definition) is 1. The van der Waals surface area contributed by atoms with Crippen molar-refractivity contribution < 1.29 is 0 Å². The molecular formula is C14H18ClN5. The molecule has 2 aromatic rings. The van der Waals surface area contributed by atoms with E-state index in [9.17, 15) is 0 Å². The lowest BCUT2D eigenvalue weighted by Gasteiger charge is -2.41. The second-order valence-corrected chi connectivity index (χ2v) is 6.08. The standard InChI is InChI=1S/C14H18ClN5/c1-2-14(4-3-5-14)9-20-13(17-18-19-20)10-6-11(15)8-12(16)7-10/h6-8H,2-5,9,16H2,1H3. The molecule has 3 rings (SSSR count). The highest BCUT2D eigenvalue weighted by Gasteiger charge is 2.36. The van der Waals surface area contributed by atoms with Crippen LogP contribution >= 0.6 is 11.6 Å². The maximum atomic E-state index is 6.06. The summed E-state index contributed by atoms with van der Waals surface area (Å²) in [5.74, 6) is 0.735. The molecule has 0 radical (unpaired) electrons. The number of anilines is 1. The highest BCUT2D eigenvalue weighted by molar-refractivity contribution is 6.31. The third kappa shape index (κ3) is 2.38. The smallest absolute Gasteiger partial charge is 0.182 e. The molecule has 1 aliphatic rings. The van der Waals surface area contributed by atoms with Gasteiger partial charge in [0.05, 0.1) is 6.54 Å². The average Bonchev–Trinajstić information content (AvgIpc) is 2.80. The maximum Gasteiger partial charge on any atom is 0.182 e. The molecule has 1 aromatic carbocycles. The van der Waals surface area contributed by atoms with E-state index in [-0.39, 0.29) is 0 Å². The molecule has 1 aliphatic carbocycles. The van der Waals surface area contributed by atoms with Gasteiger partial charge in [0.2, 0.25) is 0 Å². The fraction of sp³-hybridized carbons (Fsp3) is 0.500. The minimum absolute atomic E-state index is 0.355. The molecule has 1 fully saturated rings. The number of rotatable bonds is 4. The van der Waals surface area contributed by atoms with Crippen molar-refractivity contribution in [2.24, 2.45) is 5.41 Å². The Balaban J connectivity index is 1.93. The van der Waals surface area contributed by atoms with Crippen LogP contribution in [-0.2, 0) is 6.54 Å². The van der Waals surface area contributed by atoms with Gasteiger partial charge in [-0.3, -0.25) is 0 Å². The normalized spacial score (nSPS) is 16.9. The van der Waals surface area contributed by atoms with Crippen molar-refractivity contribution >= 4 is 17.3 Å². The Morgan fingerprint density at radius 3 is 2.75 bits per heavy atom. The number of hydrogen-bond acceptors (Lipinski definition) is 4. The van der Waals surface area contributed by atoms with Gasteiger partial charge in [0.25, 0.3) is 0 Å². The summed E-state index contributed by atoms with van der Waals surface area (Å²) >= 11 is 6.06. The second kappa shape index (κ2) is 5.05. The third-order valence-corrected chi connectivity index (χ3v) is 4.58. The van der Waals surface area contributed by atoms with Crippen LogP contribution in [0.3, 0.4) is 0 Å². The lowest BCUT2D eigenvalue weighted by Crippen LogP contribution is -2.34. The Labute approximate surface area is 123 Å². The molecule has 0 unspecified atom stereocenters. The summed E-state index contributed by atoms with van der Waals surface area (Å²) in [5, 5.41) is 12.7. The molecule has 106 valence electrons. The van der Waals surface area contributed by atoms with E-state index in [4.69, 9.17) is 17.3 Å². The zero-order valence-electron chi connectivity index (χ0n) is 11.5. The van der Waals surface area contributed by atoms with Crippen molar-refractivity contribution in [3.8, 4) is 11.4 Å². The molecule has 1 saturated carbocycles. The lowest BCUT2D eigenvalue weighted by molar-refractivity contribution is 0.0948. The fourth-order valence-corrected chi connectivity index (χ4v) is 3.12. The molecular weight excluding hydrogens is 274 g/mol. The van der Waals surface area contributed by atoms with E-state index in [0.717, 1.165) is 24.4 Å². The van der Waals surface area contributed by atoms with E-state index in [2.05, 4.69) is 22.4 Å². The van der Waals surface area contributed by atoms with Crippen LogP contribution in [0.5, 0.6) is 0 Å². The van der Waals surface area contributed by atoms with Crippen LogP contribution in [0.25, 0.3) is 11.4 Å². The molecule has 0 amide bonds. The van der Waals surface area contributed by atoms with Crippen LogP contribution in [0.2, 0.25) is 5.02 Å². The maximum absolute atomic E-state index is 6.06. The molecule has 0 aliphatic heterocycles. The quantitative estimate of drug-likeness (QED) is 0.879. The van der Waals surface area contributed by atoms with Crippen molar-refractivity contribution in [1.29, 1.82) is 0 Å². The first-order valence-corrected chi connectivity index (χ1v) is 7.32. The average molecular weight is 292 g/mol. The van der Waals surface area contributed by atoms with Crippen LogP contribution < -0.4 is 5.73 Å². The van der Waals surface area contributed by atoms with Gasteiger partial charge in [-0.2, -0.15) is 0 Å². The number of halogens is 1. The Kier molecular flexibility index (Phi) is 3.38. The van der Waals surface area contributed by atoms with Crippen molar-refractivity contribution in [3.05, 3.63) is 23.2 Å². The zero-order chi connectivity index (χ0) is 14.2. The Bertz CT molecular complexity index is 592. The topological polar surface area (TPSA) is 69.6 Å². The Morgan fingerprint density at radius 2 is 2.15 bits per heavy atom. The summed E-state index contributed by atoms with van der Waals surface area (Å²) < 4.78 is 1.88. The molecule has 20 heavy (non-hydrogen) atoms. The predicted molar refractivity (Wildman–Crippen MR) is 79.3 cm³/mol. The van der Waals surface area contributed by atoms with Gasteiger partial charge in [-0.1, -0.05) is 24.9 Å². The summed E-state index contributed by atoms with van der Waals surface area (Å²) in [6.45, 7) is 3.10. The largest absolute Gasteiger partial charge is 0.399 e. The molecule has 0 spiro atoms. The number of aromatic nitrogens is 4. The second-order valence-electron chi connectivity index (χ2n) is 5.64. The molecule has 2 N–H and O–H groups in total. The van der Waals surface area contributed by atoms with E-state index < -0.39 is 0 Å². The molecule has 1 heterocycles. The Morgan fingerprint density at radius 1 is 1.35 bits per heavy atom. The monoisotopic (exact) mass is 291 g/mol. The molecule has 0 bridgehead atoms. The first kappa shape index (κ1) is 13.4. The fourth-order valence-electron chi connectivity index (χ4n) is 2.88. The van der Waals surface area contributed by atoms with E-state index in [0.29, 0.717) is 16.1 Å². The van der Waals surface area contributed by atoms with Crippen molar-refractivity contribution in [2.75, 3.05) is 5.73 Å². The van der Waals surface area contributed by atoms with Gasteiger partial charge in [0, 0.05) is 16.3 Å². The van der Waals surface area contributed by atoms with Gasteiger partial charge < -0.3 is 5.73 Å². The van der Waals surface area contributed by atoms with Gasteiger partial charge in [-0.25, -0.2) is 4.68 Å². The summed E-state index contributed by atoms with van der Waals surface area (Å²) in [6.07, 6.45) is 4.96. The van der Waals surface area contributed by atoms with Gasteiger partial charge in [-0.15, -0.1) is 5.10 Å². The Hall–Kier alpha value is -1.62. The number of benzene rings is 1. The number of nitrogens with zero attached hydrogens (tertiary/aromatic N) is 4.